The molecule has 2 aliphatic rings. The Balaban J connectivity index is 1.58. The van der Waals surface area contributed by atoms with E-state index in [2.05, 4.69) is 12.2 Å². The van der Waals surface area contributed by atoms with E-state index in [1.54, 1.807) is 0 Å². The van der Waals surface area contributed by atoms with Crippen molar-refractivity contribution < 1.29 is 0 Å². The summed E-state index contributed by atoms with van der Waals surface area (Å²) in [5, 5.41) is 3.80. The minimum Gasteiger partial charge on any atom is -0.314 e. The lowest BCUT2D eigenvalue weighted by molar-refractivity contribution is 0.408. The van der Waals surface area contributed by atoms with Crippen molar-refractivity contribution in [3.05, 3.63) is 0 Å². The predicted octanol–water partition coefficient (Wildman–Crippen LogP) is 4.13. The predicted molar refractivity (Wildman–Crippen MR) is 70.6 cm³/mol. The molecule has 2 saturated carbocycles. The van der Waals surface area contributed by atoms with Crippen LogP contribution in [0.4, 0.5) is 0 Å². The van der Waals surface area contributed by atoms with Crippen LogP contribution in [0.25, 0.3) is 0 Å². The van der Waals surface area contributed by atoms with Gasteiger partial charge in [-0.25, -0.2) is 0 Å². The van der Waals surface area contributed by atoms with E-state index in [1.165, 1.54) is 70.8 Å². The van der Waals surface area contributed by atoms with E-state index in [0.717, 1.165) is 17.9 Å². The second kappa shape index (κ2) is 6.64. The van der Waals surface area contributed by atoms with Gasteiger partial charge in [0, 0.05) is 6.04 Å². The van der Waals surface area contributed by atoms with Crippen LogP contribution in [0, 0.1) is 11.8 Å². The second-order valence-electron chi connectivity index (χ2n) is 6.05. The lowest BCUT2D eigenvalue weighted by Gasteiger charge is -2.16. The van der Waals surface area contributed by atoms with Crippen LogP contribution in [-0.2, 0) is 0 Å². The third-order valence-electron chi connectivity index (χ3n) is 4.47. The molecule has 0 heterocycles. The lowest BCUT2D eigenvalue weighted by atomic mass is 9.95. The van der Waals surface area contributed by atoms with Gasteiger partial charge in [0.15, 0.2) is 0 Å². The van der Waals surface area contributed by atoms with E-state index in [0.29, 0.717) is 0 Å². The van der Waals surface area contributed by atoms with E-state index in [-0.39, 0.29) is 0 Å². The third-order valence-corrected chi connectivity index (χ3v) is 4.47. The molecular formula is C15H29N. The van der Waals surface area contributed by atoms with Crippen molar-refractivity contribution in [1.29, 1.82) is 0 Å². The zero-order valence-electron chi connectivity index (χ0n) is 11.0. The minimum absolute atomic E-state index is 0.848. The van der Waals surface area contributed by atoms with Crippen molar-refractivity contribution in [3.63, 3.8) is 0 Å². The molecule has 2 aliphatic carbocycles. The maximum absolute atomic E-state index is 3.80. The van der Waals surface area contributed by atoms with Crippen LogP contribution in [0.5, 0.6) is 0 Å². The molecule has 0 spiro atoms. The van der Waals surface area contributed by atoms with Crippen LogP contribution in [0.3, 0.4) is 0 Å². The van der Waals surface area contributed by atoms with Crippen LogP contribution in [0.2, 0.25) is 0 Å². The standard InChI is InChI=1S/C15H29N/c1-2-4-13-5-3-6-15(10-9-13)16-12-11-14-7-8-14/h13-16H,2-12H2,1H3. The molecule has 0 aromatic heterocycles. The summed E-state index contributed by atoms with van der Waals surface area (Å²) in [7, 11) is 0. The molecule has 1 heteroatoms. The highest BCUT2D eigenvalue weighted by atomic mass is 14.9. The summed E-state index contributed by atoms with van der Waals surface area (Å²) in [5.74, 6) is 2.13. The summed E-state index contributed by atoms with van der Waals surface area (Å²) >= 11 is 0. The molecule has 0 aliphatic heterocycles. The topological polar surface area (TPSA) is 12.0 Å². The fraction of sp³-hybridized carbons (Fsp3) is 1.00. The number of rotatable bonds is 6. The van der Waals surface area contributed by atoms with E-state index in [1.807, 2.05) is 0 Å². The first-order chi connectivity index (χ1) is 7.88. The lowest BCUT2D eigenvalue weighted by Crippen LogP contribution is -2.29. The minimum atomic E-state index is 0.848. The quantitative estimate of drug-likeness (QED) is 0.668. The Hall–Kier alpha value is -0.0400. The van der Waals surface area contributed by atoms with Gasteiger partial charge in [0.2, 0.25) is 0 Å². The van der Waals surface area contributed by atoms with Gasteiger partial charge in [-0.15, -0.1) is 0 Å². The summed E-state index contributed by atoms with van der Waals surface area (Å²) in [6, 6.07) is 0.848. The van der Waals surface area contributed by atoms with Crippen molar-refractivity contribution in [2.24, 2.45) is 11.8 Å². The smallest absolute Gasteiger partial charge is 0.00671 e. The highest BCUT2D eigenvalue weighted by molar-refractivity contribution is 4.78. The van der Waals surface area contributed by atoms with Crippen LogP contribution in [0.15, 0.2) is 0 Å². The van der Waals surface area contributed by atoms with Gasteiger partial charge >= 0.3 is 0 Å². The van der Waals surface area contributed by atoms with Crippen molar-refractivity contribution in [2.75, 3.05) is 6.54 Å². The molecular weight excluding hydrogens is 194 g/mol. The van der Waals surface area contributed by atoms with Gasteiger partial charge in [0.05, 0.1) is 0 Å². The number of nitrogens with one attached hydrogen (secondary N) is 1. The summed E-state index contributed by atoms with van der Waals surface area (Å²) in [6.45, 7) is 3.62. The molecule has 0 saturated heterocycles. The third kappa shape index (κ3) is 4.45. The largest absolute Gasteiger partial charge is 0.314 e. The summed E-state index contributed by atoms with van der Waals surface area (Å²) in [4.78, 5) is 0. The monoisotopic (exact) mass is 223 g/mol. The van der Waals surface area contributed by atoms with Crippen LogP contribution in [-0.4, -0.2) is 12.6 Å². The van der Waals surface area contributed by atoms with Gasteiger partial charge in [0.1, 0.15) is 0 Å². The highest BCUT2D eigenvalue weighted by Crippen LogP contribution is 2.32. The van der Waals surface area contributed by atoms with Crippen molar-refractivity contribution >= 4 is 0 Å². The molecule has 0 bridgehead atoms. The summed E-state index contributed by atoms with van der Waals surface area (Å²) in [6.07, 6.45) is 14.6. The fourth-order valence-corrected chi connectivity index (χ4v) is 3.18. The summed E-state index contributed by atoms with van der Waals surface area (Å²) < 4.78 is 0. The molecule has 2 fully saturated rings. The van der Waals surface area contributed by atoms with E-state index < -0.39 is 0 Å². The van der Waals surface area contributed by atoms with Gasteiger partial charge in [-0.1, -0.05) is 45.4 Å². The van der Waals surface area contributed by atoms with E-state index in [9.17, 15) is 0 Å². The molecule has 2 atom stereocenters. The maximum Gasteiger partial charge on any atom is 0.00671 e. The SMILES string of the molecule is CCCC1CCCC(NCCC2CC2)CC1. The van der Waals surface area contributed by atoms with Crippen LogP contribution < -0.4 is 5.32 Å². The number of hydrogen-bond donors (Lipinski definition) is 1. The number of hydrogen-bond acceptors (Lipinski definition) is 1. The van der Waals surface area contributed by atoms with Gasteiger partial charge < -0.3 is 5.32 Å². The Bertz CT molecular complexity index is 186. The Labute approximate surface area is 101 Å². The first kappa shape index (κ1) is 12.4. The van der Waals surface area contributed by atoms with E-state index in [4.69, 9.17) is 0 Å². The molecule has 1 nitrogen and oxygen atoms in total. The van der Waals surface area contributed by atoms with Gasteiger partial charge in [-0.05, 0) is 44.1 Å². The first-order valence-electron chi connectivity index (χ1n) is 7.62. The second-order valence-corrected chi connectivity index (χ2v) is 6.05. The average molecular weight is 223 g/mol. The fourth-order valence-electron chi connectivity index (χ4n) is 3.18. The average Bonchev–Trinajstić information content (AvgIpc) is 3.08. The van der Waals surface area contributed by atoms with Crippen LogP contribution in [0.1, 0.15) is 71.1 Å². The zero-order chi connectivity index (χ0) is 11.2. The first-order valence-corrected chi connectivity index (χ1v) is 7.62. The van der Waals surface area contributed by atoms with Crippen molar-refractivity contribution in [3.8, 4) is 0 Å². The van der Waals surface area contributed by atoms with E-state index >= 15 is 0 Å². The van der Waals surface area contributed by atoms with Gasteiger partial charge in [-0.2, -0.15) is 0 Å². The Morgan fingerprint density at radius 2 is 1.62 bits per heavy atom. The molecule has 2 rings (SSSR count). The molecule has 0 radical (unpaired) electrons. The van der Waals surface area contributed by atoms with Gasteiger partial charge in [-0.3, -0.25) is 0 Å². The Kier molecular flexibility index (Phi) is 5.15. The maximum atomic E-state index is 3.80. The molecule has 2 unspecified atom stereocenters. The molecule has 0 aromatic carbocycles. The summed E-state index contributed by atoms with van der Waals surface area (Å²) in [5.41, 5.74) is 0. The van der Waals surface area contributed by atoms with Crippen molar-refractivity contribution in [1.82, 2.24) is 5.32 Å². The van der Waals surface area contributed by atoms with Crippen LogP contribution >= 0.6 is 0 Å². The van der Waals surface area contributed by atoms with Crippen molar-refractivity contribution in [2.45, 2.75) is 77.2 Å². The zero-order valence-corrected chi connectivity index (χ0v) is 11.0. The highest BCUT2D eigenvalue weighted by Gasteiger charge is 2.22. The molecule has 1 N–H and O–H groups in total. The Morgan fingerprint density at radius 3 is 2.38 bits per heavy atom. The normalized spacial score (nSPS) is 31.3. The molecule has 0 aromatic rings. The molecule has 16 heavy (non-hydrogen) atoms. The van der Waals surface area contributed by atoms with Gasteiger partial charge in [0.25, 0.3) is 0 Å². The molecule has 0 amide bonds. The molecule has 94 valence electrons. The Morgan fingerprint density at radius 1 is 0.875 bits per heavy atom.